The summed E-state index contributed by atoms with van der Waals surface area (Å²) in [6, 6.07) is 4.49. The average molecular weight is 251 g/mol. The van der Waals surface area contributed by atoms with Crippen molar-refractivity contribution in [1.82, 2.24) is 5.32 Å². The van der Waals surface area contributed by atoms with E-state index in [0.717, 1.165) is 19.5 Å². The van der Waals surface area contributed by atoms with Crippen molar-refractivity contribution in [3.05, 3.63) is 43.8 Å². The van der Waals surface area contributed by atoms with Gasteiger partial charge in [-0.3, -0.25) is 0 Å². The third-order valence-corrected chi connectivity index (χ3v) is 4.37. The maximum Gasteiger partial charge on any atom is 0.0216 e. The molecule has 0 spiro atoms. The van der Waals surface area contributed by atoms with Crippen LogP contribution in [0.5, 0.6) is 0 Å². The first kappa shape index (κ1) is 11.8. The number of hydrogen-bond acceptors (Lipinski definition) is 3. The van der Waals surface area contributed by atoms with Gasteiger partial charge in [0.15, 0.2) is 0 Å². The van der Waals surface area contributed by atoms with Crippen LogP contribution in [0.1, 0.15) is 20.9 Å². The highest BCUT2D eigenvalue weighted by Crippen LogP contribution is 2.20. The van der Waals surface area contributed by atoms with Crippen LogP contribution >= 0.6 is 22.7 Å². The molecule has 1 N–H and O–H groups in total. The van der Waals surface area contributed by atoms with E-state index in [-0.39, 0.29) is 0 Å². The summed E-state index contributed by atoms with van der Waals surface area (Å²) in [7, 11) is 0. The molecule has 0 amide bonds. The second kappa shape index (κ2) is 5.62. The number of aryl methyl sites for hydroxylation is 2. The predicted molar refractivity (Wildman–Crippen MR) is 73.5 cm³/mol. The largest absolute Gasteiger partial charge is 0.312 e. The van der Waals surface area contributed by atoms with Crippen molar-refractivity contribution in [2.45, 2.75) is 26.8 Å². The maximum absolute atomic E-state index is 3.51. The molecule has 0 saturated heterocycles. The van der Waals surface area contributed by atoms with Crippen LogP contribution in [0.25, 0.3) is 0 Å². The number of thiophene rings is 2. The Bertz CT molecular complexity index is 429. The smallest absolute Gasteiger partial charge is 0.0216 e. The molecule has 0 bridgehead atoms. The van der Waals surface area contributed by atoms with Crippen molar-refractivity contribution in [2.24, 2.45) is 0 Å². The van der Waals surface area contributed by atoms with E-state index in [1.54, 1.807) is 11.3 Å². The molecule has 0 fully saturated rings. The summed E-state index contributed by atoms with van der Waals surface area (Å²) in [5, 5.41) is 7.87. The zero-order chi connectivity index (χ0) is 11.4. The van der Waals surface area contributed by atoms with Gasteiger partial charge < -0.3 is 5.32 Å². The Morgan fingerprint density at radius 2 is 2.19 bits per heavy atom. The zero-order valence-corrected chi connectivity index (χ0v) is 11.4. The van der Waals surface area contributed by atoms with E-state index in [0.29, 0.717) is 0 Å². The summed E-state index contributed by atoms with van der Waals surface area (Å²) < 4.78 is 0. The van der Waals surface area contributed by atoms with Gasteiger partial charge in [0.25, 0.3) is 0 Å². The van der Waals surface area contributed by atoms with E-state index in [2.05, 4.69) is 42.1 Å². The molecule has 2 rings (SSSR count). The third-order valence-electron chi connectivity index (χ3n) is 2.63. The number of nitrogens with one attached hydrogen (secondary N) is 1. The molecule has 0 aromatic carbocycles. The first-order valence-corrected chi connectivity index (χ1v) is 7.29. The molecule has 3 heteroatoms. The Morgan fingerprint density at radius 3 is 2.81 bits per heavy atom. The minimum Gasteiger partial charge on any atom is -0.312 e. The normalized spacial score (nSPS) is 10.9. The van der Waals surface area contributed by atoms with Gasteiger partial charge in [-0.05, 0) is 60.8 Å². The Hall–Kier alpha value is -0.640. The van der Waals surface area contributed by atoms with Gasteiger partial charge in [0.05, 0.1) is 0 Å². The van der Waals surface area contributed by atoms with Gasteiger partial charge in [0.1, 0.15) is 0 Å². The van der Waals surface area contributed by atoms with Crippen LogP contribution in [0, 0.1) is 13.8 Å². The molecule has 0 unspecified atom stereocenters. The molecule has 0 atom stereocenters. The molecule has 0 radical (unpaired) electrons. The Kier molecular flexibility index (Phi) is 4.16. The van der Waals surface area contributed by atoms with E-state index in [4.69, 9.17) is 0 Å². The average Bonchev–Trinajstić information content (AvgIpc) is 2.84. The summed E-state index contributed by atoms with van der Waals surface area (Å²) in [6.45, 7) is 6.44. The minimum absolute atomic E-state index is 1.00. The van der Waals surface area contributed by atoms with Crippen LogP contribution < -0.4 is 5.32 Å². The van der Waals surface area contributed by atoms with Crippen molar-refractivity contribution >= 4 is 22.7 Å². The van der Waals surface area contributed by atoms with Gasteiger partial charge in [0.2, 0.25) is 0 Å². The molecular formula is C13H17NS2. The van der Waals surface area contributed by atoms with Crippen LogP contribution in [0.2, 0.25) is 0 Å². The van der Waals surface area contributed by atoms with Crippen LogP contribution in [0.3, 0.4) is 0 Å². The van der Waals surface area contributed by atoms with Gasteiger partial charge in [-0.15, -0.1) is 11.3 Å². The molecule has 2 aromatic heterocycles. The highest BCUT2D eigenvalue weighted by Gasteiger charge is 2.01. The van der Waals surface area contributed by atoms with Gasteiger partial charge in [0, 0.05) is 16.3 Å². The van der Waals surface area contributed by atoms with Gasteiger partial charge >= 0.3 is 0 Å². The monoisotopic (exact) mass is 251 g/mol. The Labute approximate surface area is 105 Å². The van der Waals surface area contributed by atoms with E-state index < -0.39 is 0 Å². The molecule has 1 nitrogen and oxygen atoms in total. The van der Waals surface area contributed by atoms with Crippen LogP contribution in [-0.2, 0) is 13.0 Å². The first-order valence-electron chi connectivity index (χ1n) is 5.53. The summed E-state index contributed by atoms with van der Waals surface area (Å²) in [6.07, 6.45) is 1.13. The van der Waals surface area contributed by atoms with E-state index in [1.807, 2.05) is 11.3 Å². The molecule has 2 heterocycles. The highest BCUT2D eigenvalue weighted by molar-refractivity contribution is 7.12. The van der Waals surface area contributed by atoms with E-state index in [1.165, 1.54) is 20.9 Å². The van der Waals surface area contributed by atoms with Crippen LogP contribution in [-0.4, -0.2) is 6.54 Å². The van der Waals surface area contributed by atoms with Gasteiger partial charge in [-0.2, -0.15) is 11.3 Å². The summed E-state index contributed by atoms with van der Waals surface area (Å²) >= 11 is 3.66. The SMILES string of the molecule is Cc1cc(CNCCc2ccsc2)c(C)s1. The Morgan fingerprint density at radius 1 is 1.31 bits per heavy atom. The molecule has 0 aliphatic carbocycles. The zero-order valence-electron chi connectivity index (χ0n) is 9.75. The summed E-state index contributed by atoms with van der Waals surface area (Å²) in [5.74, 6) is 0. The summed E-state index contributed by atoms with van der Waals surface area (Å²) in [4.78, 5) is 2.85. The molecule has 0 aliphatic rings. The van der Waals surface area contributed by atoms with Crippen LogP contribution in [0.15, 0.2) is 22.9 Å². The fraction of sp³-hybridized carbons (Fsp3) is 0.385. The van der Waals surface area contributed by atoms with Gasteiger partial charge in [-0.1, -0.05) is 0 Å². The van der Waals surface area contributed by atoms with Crippen molar-refractivity contribution in [3.63, 3.8) is 0 Å². The van der Waals surface area contributed by atoms with Crippen molar-refractivity contribution < 1.29 is 0 Å². The summed E-state index contributed by atoms with van der Waals surface area (Å²) in [5.41, 5.74) is 2.89. The predicted octanol–water partition coefficient (Wildman–Crippen LogP) is 3.76. The fourth-order valence-electron chi connectivity index (χ4n) is 1.75. The quantitative estimate of drug-likeness (QED) is 0.798. The van der Waals surface area contributed by atoms with Crippen LogP contribution in [0.4, 0.5) is 0 Å². The number of rotatable bonds is 5. The lowest BCUT2D eigenvalue weighted by Gasteiger charge is -2.03. The molecule has 86 valence electrons. The fourth-order valence-corrected chi connectivity index (χ4v) is 3.40. The Balaban J connectivity index is 1.74. The second-order valence-corrected chi connectivity index (χ2v) is 6.24. The molecule has 0 aliphatic heterocycles. The molecule has 0 saturated carbocycles. The lowest BCUT2D eigenvalue weighted by atomic mass is 10.2. The molecule has 2 aromatic rings. The van der Waals surface area contributed by atoms with Crippen molar-refractivity contribution in [2.75, 3.05) is 6.54 Å². The maximum atomic E-state index is 3.51. The minimum atomic E-state index is 1.00. The third kappa shape index (κ3) is 3.17. The van der Waals surface area contributed by atoms with E-state index >= 15 is 0 Å². The number of hydrogen-bond donors (Lipinski definition) is 1. The topological polar surface area (TPSA) is 12.0 Å². The van der Waals surface area contributed by atoms with Gasteiger partial charge in [-0.25, -0.2) is 0 Å². The molecule has 16 heavy (non-hydrogen) atoms. The standard InChI is InChI=1S/C13H17NS2/c1-10-7-13(11(2)16-10)8-14-5-3-12-4-6-15-9-12/h4,6-7,9,14H,3,5,8H2,1-2H3. The molecular weight excluding hydrogens is 234 g/mol. The highest BCUT2D eigenvalue weighted by atomic mass is 32.1. The van der Waals surface area contributed by atoms with Crippen molar-refractivity contribution in [1.29, 1.82) is 0 Å². The van der Waals surface area contributed by atoms with E-state index in [9.17, 15) is 0 Å². The second-order valence-electron chi connectivity index (χ2n) is 4.00. The lowest BCUT2D eigenvalue weighted by molar-refractivity contribution is 0.687. The lowest BCUT2D eigenvalue weighted by Crippen LogP contribution is -2.16. The first-order chi connectivity index (χ1) is 7.75. The van der Waals surface area contributed by atoms with Crippen molar-refractivity contribution in [3.8, 4) is 0 Å².